The van der Waals surface area contributed by atoms with Gasteiger partial charge < -0.3 is 50.1 Å². The number of benzene rings is 3. The predicted molar refractivity (Wildman–Crippen MR) is 483 cm³/mol. The highest BCUT2D eigenvalue weighted by molar-refractivity contribution is 6.76. The number of likely N-dealkylation sites (tertiary alicyclic amines) is 2. The zero-order valence-corrected chi connectivity index (χ0v) is 74.2. The topological polar surface area (TPSA) is 394 Å². The number of pyridine rings is 6. The fraction of sp³-hybridized carbons (Fsp3) is 0.387. The Labute approximate surface area is 734 Å². The smallest absolute Gasteiger partial charge is 0.317 e. The minimum Gasteiger partial charge on any atom is -0.480 e. The van der Waals surface area contributed by atoms with Gasteiger partial charge in [0.2, 0.25) is 29.5 Å². The van der Waals surface area contributed by atoms with Crippen molar-refractivity contribution in [3.63, 3.8) is 0 Å². The van der Waals surface area contributed by atoms with Gasteiger partial charge in [0.15, 0.2) is 0 Å². The summed E-state index contributed by atoms with van der Waals surface area (Å²) in [5, 5.41) is 55.4. The molecule has 15 heterocycles. The van der Waals surface area contributed by atoms with Crippen molar-refractivity contribution in [1.29, 1.82) is 15.8 Å². The molecule has 6 fully saturated rings. The van der Waals surface area contributed by atoms with Crippen LogP contribution in [0.25, 0.3) is 66.5 Å². The van der Waals surface area contributed by atoms with Gasteiger partial charge in [0, 0.05) is 213 Å². The summed E-state index contributed by atoms with van der Waals surface area (Å²) >= 11 is 0. The summed E-state index contributed by atoms with van der Waals surface area (Å²) in [5.41, 5.74) is 11.7. The van der Waals surface area contributed by atoms with Crippen LogP contribution < -0.4 is 25.7 Å². The van der Waals surface area contributed by atoms with Gasteiger partial charge in [-0.05, 0) is 160 Å². The van der Waals surface area contributed by atoms with Crippen molar-refractivity contribution < 1.29 is 43.2 Å². The molecule has 33 heteroatoms. The summed E-state index contributed by atoms with van der Waals surface area (Å²) in [4.78, 5) is 73.4. The number of amides is 2. The minimum atomic E-state index is -1.13. The van der Waals surface area contributed by atoms with E-state index in [2.05, 4.69) is 131 Å². The summed E-state index contributed by atoms with van der Waals surface area (Å²) in [6.45, 7) is 23.9. The van der Waals surface area contributed by atoms with Gasteiger partial charge in [-0.2, -0.15) is 31.1 Å². The molecule has 652 valence electrons. The van der Waals surface area contributed by atoms with Crippen molar-refractivity contribution in [2.45, 2.75) is 179 Å². The average molecular weight is 1730 g/mol. The normalized spacial score (nSPS) is 18.3. The Morgan fingerprint density at radius 3 is 1.16 bits per heavy atom. The van der Waals surface area contributed by atoms with Gasteiger partial charge >= 0.3 is 5.97 Å². The zero-order chi connectivity index (χ0) is 87.0. The van der Waals surface area contributed by atoms with E-state index < -0.39 is 28.5 Å². The van der Waals surface area contributed by atoms with Crippen molar-refractivity contribution in [2.24, 2.45) is 0 Å². The van der Waals surface area contributed by atoms with E-state index in [9.17, 15) is 14.4 Å². The third-order valence-corrected chi connectivity index (χ3v) is 26.9. The second-order valence-corrected chi connectivity index (χ2v) is 46.1. The molecule has 18 rings (SSSR count). The number of nitrogens with one attached hydrogen (secondary N) is 2. The Kier molecular flexibility index (Phi) is 29.5. The van der Waals surface area contributed by atoms with E-state index in [4.69, 9.17) is 59.5 Å². The standard InChI is InChI=1S/C33H39N7O3Si.C30H38N6O2Si.C27H25N7O2.C3H3NO2.H3N/c1-44(2,3)17-16-42-23-40-31(13-15-36-40)25-5-11-32(35-19-25)43-29-9-10-30-24(18-29)4-6-26(37-30)20-39-27-7-8-28(39)22-38(21-27)33(41)12-14-34;1-39(2,3)15-14-37-21-36-29(12-13-33-36)23-5-11-30(32-17-23)38-27-9-10-28-22(16-27)4-6-24(34-28)20-35-25-7-8-26(35)19-31-18-25;28-11-9-27(35)33-16-21-4-5-22(17-33)34(21)15-20-3-1-18-13-23(6-7-24(18)31-20)36-26-8-2-19(14-29-26)25-10-12-30-32-25;4-2-1-3(5)6;/h4-6,9-11,13,15,18-19,27-28H,7-8,12,16-17,20-23H2,1-3H3;4-6,9-13,16-17,25-26,31H,7-8,14-15,18-21H2,1-3H3;1-3,6-8,10,12-14,21-22H,4-5,9,15-17H2,(H,30,32);1H2,(H,5,6);1H3. The van der Waals surface area contributed by atoms with Gasteiger partial charge in [-0.25, -0.2) is 24.3 Å². The molecule has 6 unspecified atom stereocenters. The van der Waals surface area contributed by atoms with Crippen LogP contribution in [0.3, 0.4) is 0 Å². The van der Waals surface area contributed by atoms with Crippen LogP contribution in [0.4, 0.5) is 0 Å². The molecule has 2 amide bonds. The molecule has 31 nitrogen and oxygen atoms in total. The molecular formula is C93H108N22O9Si2. The van der Waals surface area contributed by atoms with Gasteiger partial charge in [0.25, 0.3) is 0 Å². The predicted octanol–water partition coefficient (Wildman–Crippen LogP) is 15.3. The molecular weight excluding hydrogens is 1630 g/mol. The highest BCUT2D eigenvalue weighted by Gasteiger charge is 2.43. The van der Waals surface area contributed by atoms with Crippen molar-refractivity contribution >= 4 is 66.6 Å². The SMILES string of the molecule is C[Si](C)(C)CCOCn1nccc1-c1ccc(Oc2ccc3nc(CN4C5CCC4CN(C(=O)CC#N)C5)ccc3c2)nc1.C[Si](C)(C)CCOCn1nccc1-c1ccc(Oc2ccc3nc(CN4C5CCC4CNC5)ccc3c2)nc1.N.N#CCC(=O)N1CC2CCC(C1)N2Cc1ccc2cc(Oc3ccc(-c4ccn[nH]4)cn3)ccc2n1.N#CCC(=O)O. The molecule has 126 heavy (non-hydrogen) atoms. The van der Waals surface area contributed by atoms with E-state index in [1.165, 1.54) is 18.9 Å². The second kappa shape index (κ2) is 41.5. The third-order valence-electron chi connectivity index (χ3n) is 23.5. The van der Waals surface area contributed by atoms with Crippen molar-refractivity contribution in [2.75, 3.05) is 52.5 Å². The number of rotatable bonds is 28. The number of nitrogens with zero attached hydrogens (tertiary/aromatic N) is 19. The van der Waals surface area contributed by atoms with E-state index in [-0.39, 0.29) is 30.8 Å². The molecule has 0 saturated carbocycles. The lowest BCUT2D eigenvalue weighted by atomic mass is 10.1. The van der Waals surface area contributed by atoms with Crippen LogP contribution in [-0.2, 0) is 57.0 Å². The lowest BCUT2D eigenvalue weighted by Gasteiger charge is -2.40. The van der Waals surface area contributed by atoms with Crippen LogP contribution in [0, 0.1) is 34.0 Å². The average Bonchev–Trinajstić information content (AvgIpc) is 1.68. The van der Waals surface area contributed by atoms with Crippen LogP contribution in [0.2, 0.25) is 51.4 Å². The number of H-pyrrole nitrogens is 1. The van der Waals surface area contributed by atoms with Crippen molar-refractivity contribution in [1.82, 2.24) is 95.6 Å². The number of aliphatic carboxylic acids is 1. The Hall–Kier alpha value is -12.6. The van der Waals surface area contributed by atoms with Gasteiger partial charge in [-0.15, -0.1) is 0 Å². The maximum atomic E-state index is 12.3. The van der Waals surface area contributed by atoms with Crippen LogP contribution >= 0.6 is 0 Å². The molecule has 0 aliphatic carbocycles. The van der Waals surface area contributed by atoms with Gasteiger partial charge in [-0.1, -0.05) is 57.5 Å². The molecule has 6 aliphatic heterocycles. The molecule has 6 bridgehead atoms. The van der Waals surface area contributed by atoms with Gasteiger partial charge in [-0.3, -0.25) is 49.1 Å². The molecule has 0 spiro atoms. The first-order valence-corrected chi connectivity index (χ1v) is 50.2. The quantitative estimate of drug-likeness (QED) is 0.0261. The number of hydrogen-bond donors (Lipinski definition) is 4. The first-order valence-electron chi connectivity index (χ1n) is 42.8. The number of carboxylic acids is 1. The number of hydrogen-bond acceptors (Lipinski definition) is 25. The largest absolute Gasteiger partial charge is 0.480 e. The van der Waals surface area contributed by atoms with E-state index in [0.29, 0.717) is 105 Å². The summed E-state index contributed by atoms with van der Waals surface area (Å²) in [6, 6.07) is 58.0. The zero-order valence-electron chi connectivity index (χ0n) is 72.2. The van der Waals surface area contributed by atoms with E-state index in [1.54, 1.807) is 31.0 Å². The number of aromatic nitrogens is 12. The number of aromatic amines is 1. The highest BCUT2D eigenvalue weighted by atomic mass is 28.3. The summed E-state index contributed by atoms with van der Waals surface area (Å²) in [5.74, 6) is 2.55. The molecule has 12 aromatic rings. The number of ether oxygens (including phenoxy) is 5. The molecule has 6 N–H and O–H groups in total. The van der Waals surface area contributed by atoms with Crippen LogP contribution in [-0.4, -0.2) is 212 Å². The summed E-state index contributed by atoms with van der Waals surface area (Å²) in [6.07, 6.45) is 17.0. The Bertz CT molecular complexity index is 5810. The minimum absolute atomic E-state index is 0. The van der Waals surface area contributed by atoms with Crippen molar-refractivity contribution in [3.8, 4) is 86.9 Å². The van der Waals surface area contributed by atoms with Gasteiger partial charge in [0.1, 0.15) is 50.0 Å². The lowest BCUT2D eigenvalue weighted by molar-refractivity contribution is -0.136. The van der Waals surface area contributed by atoms with Crippen LogP contribution in [0.1, 0.15) is 74.9 Å². The van der Waals surface area contributed by atoms with Gasteiger partial charge in [0.05, 0.1) is 68.9 Å². The van der Waals surface area contributed by atoms with E-state index >= 15 is 0 Å². The maximum absolute atomic E-state index is 12.3. The number of carbonyl (C=O) groups excluding carboxylic acids is 2. The number of nitriles is 3. The van der Waals surface area contributed by atoms with Crippen molar-refractivity contribution in [3.05, 3.63) is 200 Å². The maximum Gasteiger partial charge on any atom is 0.317 e. The first kappa shape index (κ1) is 89.7. The summed E-state index contributed by atoms with van der Waals surface area (Å²) < 4.78 is 33.7. The Morgan fingerprint density at radius 2 is 0.825 bits per heavy atom. The number of carbonyl (C=O) groups is 3. The monoisotopic (exact) mass is 1730 g/mol. The highest BCUT2D eigenvalue weighted by Crippen LogP contribution is 2.37. The number of fused-ring (bicyclic) bond motifs is 9. The Morgan fingerprint density at radius 1 is 0.452 bits per heavy atom. The van der Waals surface area contributed by atoms with Crippen LogP contribution in [0.5, 0.6) is 34.9 Å². The number of carboxylic acid groups (broad SMARTS) is 1. The third kappa shape index (κ3) is 23.5. The molecule has 9 aromatic heterocycles. The fourth-order valence-corrected chi connectivity index (χ4v) is 18.4. The Balaban J connectivity index is 0.000000148. The van der Waals surface area contributed by atoms with E-state index in [1.807, 2.05) is 147 Å². The molecule has 6 saturated heterocycles. The molecule has 6 aliphatic rings. The molecule has 3 aromatic carbocycles. The summed E-state index contributed by atoms with van der Waals surface area (Å²) in [7, 11) is -2.24. The first-order chi connectivity index (χ1) is 60.6. The van der Waals surface area contributed by atoms with Crippen LogP contribution in [0.15, 0.2) is 183 Å². The van der Waals surface area contributed by atoms with E-state index in [0.717, 1.165) is 173 Å². The number of piperazine rings is 3. The second-order valence-electron chi connectivity index (χ2n) is 34.9. The fourth-order valence-electron chi connectivity index (χ4n) is 16.9. The molecule has 6 atom stereocenters. The lowest BCUT2D eigenvalue weighted by Crippen LogP contribution is -2.54. The molecule has 0 radical (unpaired) electrons.